The lowest BCUT2D eigenvalue weighted by Gasteiger charge is -2.34. The van der Waals surface area contributed by atoms with Crippen molar-refractivity contribution in [2.45, 2.75) is 56.5 Å². The minimum absolute atomic E-state index is 0.00525. The summed E-state index contributed by atoms with van der Waals surface area (Å²) in [4.78, 5) is 21.0. The van der Waals surface area contributed by atoms with Crippen molar-refractivity contribution in [2.75, 3.05) is 38.2 Å². The van der Waals surface area contributed by atoms with Crippen LogP contribution in [0.3, 0.4) is 0 Å². The molecule has 3 aliphatic rings. The Morgan fingerprint density at radius 3 is 2.84 bits per heavy atom. The van der Waals surface area contributed by atoms with Crippen molar-refractivity contribution < 1.29 is 9.53 Å². The van der Waals surface area contributed by atoms with Gasteiger partial charge in [0.25, 0.3) is 0 Å². The molecule has 3 saturated heterocycles. The number of nitrogens with one attached hydrogen (secondary N) is 2. The van der Waals surface area contributed by atoms with Gasteiger partial charge in [0.1, 0.15) is 0 Å². The van der Waals surface area contributed by atoms with Crippen molar-refractivity contribution in [3.05, 3.63) is 11.1 Å². The molecule has 7 heteroatoms. The first-order valence-corrected chi connectivity index (χ1v) is 10.4. The second kappa shape index (κ2) is 8.12. The van der Waals surface area contributed by atoms with Crippen LogP contribution in [0.15, 0.2) is 6.20 Å². The van der Waals surface area contributed by atoms with Gasteiger partial charge >= 0.3 is 0 Å². The van der Waals surface area contributed by atoms with Gasteiger partial charge in [0.15, 0.2) is 5.13 Å². The van der Waals surface area contributed by atoms with Crippen molar-refractivity contribution in [1.82, 2.24) is 15.2 Å². The minimum Gasteiger partial charge on any atom is -0.381 e. The van der Waals surface area contributed by atoms with Gasteiger partial charge < -0.3 is 15.4 Å². The molecule has 4 rings (SSSR count). The Bertz CT molecular complexity index is 581. The second-order valence-electron chi connectivity index (χ2n) is 7.32. The average Bonchev–Trinajstić information content (AvgIpc) is 3.33. The number of thiazole rings is 1. The van der Waals surface area contributed by atoms with Crippen LogP contribution < -0.4 is 10.6 Å². The highest BCUT2D eigenvalue weighted by atomic mass is 32.1. The number of carbonyl (C=O) groups is 1. The van der Waals surface area contributed by atoms with Crippen LogP contribution in [-0.4, -0.2) is 60.7 Å². The molecule has 0 spiro atoms. The summed E-state index contributed by atoms with van der Waals surface area (Å²) in [7, 11) is 0. The SMILES string of the molecule is O=C(Nc1ncc(C2CCNCC2)s1)C1CCCN1C1CCOCC1. The van der Waals surface area contributed by atoms with E-state index in [-0.39, 0.29) is 11.9 Å². The van der Waals surface area contributed by atoms with Gasteiger partial charge in [0, 0.05) is 30.3 Å². The first-order valence-electron chi connectivity index (χ1n) is 9.62. The molecule has 3 aliphatic heterocycles. The van der Waals surface area contributed by atoms with Crippen LogP contribution >= 0.6 is 11.3 Å². The molecule has 1 atom stereocenters. The predicted octanol–water partition coefficient (Wildman–Crippen LogP) is 2.19. The number of amides is 1. The van der Waals surface area contributed by atoms with Crippen molar-refractivity contribution in [3.63, 3.8) is 0 Å². The quantitative estimate of drug-likeness (QED) is 0.857. The van der Waals surface area contributed by atoms with Crippen molar-refractivity contribution >= 4 is 22.4 Å². The van der Waals surface area contributed by atoms with E-state index in [4.69, 9.17) is 4.74 Å². The molecule has 25 heavy (non-hydrogen) atoms. The molecule has 2 N–H and O–H groups in total. The minimum atomic E-state index is -0.00525. The molecule has 138 valence electrons. The molecule has 0 bridgehead atoms. The summed E-state index contributed by atoms with van der Waals surface area (Å²) in [6.07, 6.45) is 8.43. The van der Waals surface area contributed by atoms with E-state index >= 15 is 0 Å². The van der Waals surface area contributed by atoms with Crippen molar-refractivity contribution in [1.29, 1.82) is 0 Å². The Balaban J connectivity index is 1.37. The Morgan fingerprint density at radius 1 is 1.24 bits per heavy atom. The number of nitrogens with zero attached hydrogens (tertiary/aromatic N) is 2. The first kappa shape index (κ1) is 17.4. The van der Waals surface area contributed by atoms with Gasteiger partial charge in [-0.25, -0.2) is 4.98 Å². The molecule has 0 aliphatic carbocycles. The Hall–Kier alpha value is -1.02. The predicted molar refractivity (Wildman–Crippen MR) is 99.2 cm³/mol. The Labute approximate surface area is 153 Å². The number of ether oxygens (including phenoxy) is 1. The van der Waals surface area contributed by atoms with Gasteiger partial charge in [-0.3, -0.25) is 9.69 Å². The van der Waals surface area contributed by atoms with E-state index < -0.39 is 0 Å². The third kappa shape index (κ3) is 4.05. The smallest absolute Gasteiger partial charge is 0.243 e. The van der Waals surface area contributed by atoms with Gasteiger partial charge in [0.05, 0.1) is 6.04 Å². The van der Waals surface area contributed by atoms with E-state index in [0.717, 1.165) is 76.5 Å². The van der Waals surface area contributed by atoms with Gasteiger partial charge in [-0.05, 0) is 64.1 Å². The molecule has 4 heterocycles. The molecule has 3 fully saturated rings. The highest BCUT2D eigenvalue weighted by molar-refractivity contribution is 7.15. The summed E-state index contributed by atoms with van der Waals surface area (Å²) in [5.41, 5.74) is 0. The number of likely N-dealkylation sites (tertiary alicyclic amines) is 1. The van der Waals surface area contributed by atoms with Crippen LogP contribution in [0.1, 0.15) is 49.3 Å². The van der Waals surface area contributed by atoms with Gasteiger partial charge in [-0.1, -0.05) is 0 Å². The topological polar surface area (TPSA) is 66.5 Å². The largest absolute Gasteiger partial charge is 0.381 e. The number of aromatic nitrogens is 1. The maximum atomic E-state index is 12.8. The zero-order valence-electron chi connectivity index (χ0n) is 14.7. The fourth-order valence-electron chi connectivity index (χ4n) is 4.35. The van der Waals surface area contributed by atoms with Crippen LogP contribution in [0.25, 0.3) is 0 Å². The standard InChI is InChI=1S/C18H28N4O2S/c23-17(15-2-1-9-22(15)14-5-10-24-11-6-14)21-18-20-12-16(25-18)13-3-7-19-8-4-13/h12-15,19H,1-11H2,(H,20,21,23). The fourth-order valence-corrected chi connectivity index (χ4v) is 5.34. The Kier molecular flexibility index (Phi) is 5.65. The number of anilines is 1. The molecule has 1 unspecified atom stereocenters. The summed E-state index contributed by atoms with van der Waals surface area (Å²) >= 11 is 1.65. The Morgan fingerprint density at radius 2 is 2.04 bits per heavy atom. The molecular formula is C18H28N4O2S. The molecule has 0 radical (unpaired) electrons. The molecule has 1 aromatic heterocycles. The van der Waals surface area contributed by atoms with Crippen molar-refractivity contribution in [3.8, 4) is 0 Å². The summed E-state index contributed by atoms with van der Waals surface area (Å²) < 4.78 is 5.47. The number of hydrogen-bond donors (Lipinski definition) is 2. The molecule has 0 saturated carbocycles. The van der Waals surface area contributed by atoms with E-state index in [1.54, 1.807) is 11.3 Å². The van der Waals surface area contributed by atoms with E-state index in [0.29, 0.717) is 12.0 Å². The second-order valence-corrected chi connectivity index (χ2v) is 8.38. The monoisotopic (exact) mass is 364 g/mol. The third-order valence-corrected chi connectivity index (χ3v) is 6.83. The molecule has 0 aromatic carbocycles. The number of hydrogen-bond acceptors (Lipinski definition) is 6. The lowest BCUT2D eigenvalue weighted by Crippen LogP contribution is -2.47. The summed E-state index contributed by atoms with van der Waals surface area (Å²) in [6, 6.07) is 0.489. The van der Waals surface area contributed by atoms with Crippen molar-refractivity contribution in [2.24, 2.45) is 0 Å². The van der Waals surface area contributed by atoms with Crippen LogP contribution in [0.4, 0.5) is 5.13 Å². The fraction of sp³-hybridized carbons (Fsp3) is 0.778. The third-order valence-electron chi connectivity index (χ3n) is 5.75. The van der Waals surface area contributed by atoms with E-state index in [1.165, 1.54) is 4.88 Å². The van der Waals surface area contributed by atoms with E-state index in [1.807, 2.05) is 6.20 Å². The maximum Gasteiger partial charge on any atom is 0.243 e. The number of piperidine rings is 1. The van der Waals surface area contributed by atoms with Crippen LogP contribution in [0.5, 0.6) is 0 Å². The number of rotatable bonds is 4. The maximum absolute atomic E-state index is 12.8. The summed E-state index contributed by atoms with van der Waals surface area (Å²) in [6.45, 7) is 4.82. The van der Waals surface area contributed by atoms with E-state index in [9.17, 15) is 4.79 Å². The lowest BCUT2D eigenvalue weighted by atomic mass is 9.97. The van der Waals surface area contributed by atoms with Gasteiger partial charge in [0.2, 0.25) is 5.91 Å². The normalized spacial score (nSPS) is 26.8. The molecule has 6 nitrogen and oxygen atoms in total. The average molecular weight is 365 g/mol. The highest BCUT2D eigenvalue weighted by Gasteiger charge is 2.36. The number of carbonyl (C=O) groups excluding carboxylic acids is 1. The molecule has 1 aromatic rings. The van der Waals surface area contributed by atoms with Gasteiger partial charge in [-0.2, -0.15) is 0 Å². The highest BCUT2D eigenvalue weighted by Crippen LogP contribution is 2.32. The first-order chi connectivity index (χ1) is 12.3. The summed E-state index contributed by atoms with van der Waals surface area (Å²) in [5, 5.41) is 7.25. The summed E-state index contributed by atoms with van der Waals surface area (Å²) in [5.74, 6) is 0.713. The molecule has 1 amide bonds. The molecular weight excluding hydrogens is 336 g/mol. The van der Waals surface area contributed by atoms with Crippen LogP contribution in [-0.2, 0) is 9.53 Å². The zero-order chi connectivity index (χ0) is 17.1. The van der Waals surface area contributed by atoms with E-state index in [2.05, 4.69) is 20.5 Å². The van der Waals surface area contributed by atoms with Crippen LogP contribution in [0.2, 0.25) is 0 Å². The zero-order valence-corrected chi connectivity index (χ0v) is 15.5. The van der Waals surface area contributed by atoms with Crippen LogP contribution in [0, 0.1) is 0 Å². The lowest BCUT2D eigenvalue weighted by molar-refractivity contribution is -0.121. The van der Waals surface area contributed by atoms with Gasteiger partial charge in [-0.15, -0.1) is 11.3 Å².